The fourth-order valence-corrected chi connectivity index (χ4v) is 2.20. The van der Waals surface area contributed by atoms with Crippen LogP contribution in [0.4, 0.5) is 0 Å². The first-order valence-electron chi connectivity index (χ1n) is 6.49. The number of carbonyl (C=O) groups is 2. The number of rotatable bonds is 8. The largest absolute Gasteiger partial charge is 0.358 e. The molecule has 20 heavy (non-hydrogen) atoms. The van der Waals surface area contributed by atoms with E-state index in [0.717, 1.165) is 5.75 Å². The third-order valence-corrected chi connectivity index (χ3v) is 3.58. The van der Waals surface area contributed by atoms with Crippen LogP contribution in [0.15, 0.2) is 29.2 Å². The molecule has 0 atom stereocenters. The van der Waals surface area contributed by atoms with E-state index in [1.165, 1.54) is 10.5 Å². The van der Waals surface area contributed by atoms with Crippen LogP contribution in [-0.4, -0.2) is 44.2 Å². The van der Waals surface area contributed by atoms with Crippen molar-refractivity contribution < 1.29 is 9.59 Å². The van der Waals surface area contributed by atoms with Crippen LogP contribution in [0, 0.1) is 6.92 Å². The Hall–Kier alpha value is -1.53. The number of likely N-dealkylation sites (N-methyl/N-ethyl adjacent to an activating group) is 1. The molecule has 0 fully saturated rings. The highest BCUT2D eigenvalue weighted by atomic mass is 32.2. The van der Waals surface area contributed by atoms with E-state index in [1.54, 1.807) is 18.8 Å². The van der Waals surface area contributed by atoms with Crippen molar-refractivity contribution in [1.29, 1.82) is 0 Å². The lowest BCUT2D eigenvalue weighted by atomic mass is 10.2. The predicted molar refractivity (Wildman–Crippen MR) is 81.8 cm³/mol. The molecule has 0 spiro atoms. The predicted octanol–water partition coefficient (Wildman–Crippen LogP) is 0.539. The van der Waals surface area contributed by atoms with Gasteiger partial charge in [0.15, 0.2) is 0 Å². The van der Waals surface area contributed by atoms with Gasteiger partial charge >= 0.3 is 0 Å². The fraction of sp³-hybridized carbons (Fsp3) is 0.429. The maximum Gasteiger partial charge on any atom is 0.233 e. The normalized spacial score (nSPS) is 10.1. The quantitative estimate of drug-likeness (QED) is 0.483. The minimum Gasteiger partial charge on any atom is -0.358 e. The zero-order valence-corrected chi connectivity index (χ0v) is 12.7. The average Bonchev–Trinajstić information content (AvgIpc) is 2.45. The Bertz CT molecular complexity index is 435. The highest BCUT2D eigenvalue weighted by Gasteiger charge is 2.02. The summed E-state index contributed by atoms with van der Waals surface area (Å²) in [5.41, 5.74) is 1.24. The van der Waals surface area contributed by atoms with Crippen molar-refractivity contribution in [2.45, 2.75) is 11.8 Å². The summed E-state index contributed by atoms with van der Waals surface area (Å²) < 4.78 is 0. The number of thioether (sulfide) groups is 1. The van der Waals surface area contributed by atoms with Crippen LogP contribution in [0.2, 0.25) is 0 Å². The molecule has 0 radical (unpaired) electrons. The summed E-state index contributed by atoms with van der Waals surface area (Å²) in [6.45, 7) is 2.98. The molecule has 1 aromatic carbocycles. The van der Waals surface area contributed by atoms with Gasteiger partial charge in [-0.05, 0) is 19.1 Å². The Balaban J connectivity index is 2.07. The Morgan fingerprint density at radius 2 is 1.75 bits per heavy atom. The lowest BCUT2D eigenvalue weighted by Crippen LogP contribution is -2.39. The monoisotopic (exact) mass is 295 g/mol. The van der Waals surface area contributed by atoms with Crippen molar-refractivity contribution in [3.05, 3.63) is 29.8 Å². The van der Waals surface area contributed by atoms with Gasteiger partial charge in [-0.15, -0.1) is 11.8 Å². The number of hydrogen-bond donors (Lipinski definition) is 3. The molecule has 0 aliphatic carbocycles. The molecular weight excluding hydrogens is 274 g/mol. The highest BCUT2D eigenvalue weighted by Crippen LogP contribution is 2.17. The summed E-state index contributed by atoms with van der Waals surface area (Å²) in [7, 11) is 1.56. The van der Waals surface area contributed by atoms with Crippen LogP contribution in [0.25, 0.3) is 0 Å². The summed E-state index contributed by atoms with van der Waals surface area (Å²) in [5, 5.41) is 8.05. The number of aryl methyl sites for hydroxylation is 1. The Morgan fingerprint density at radius 1 is 1.10 bits per heavy atom. The molecule has 3 N–H and O–H groups in total. The van der Waals surface area contributed by atoms with Gasteiger partial charge in [0.1, 0.15) is 0 Å². The van der Waals surface area contributed by atoms with E-state index in [9.17, 15) is 9.59 Å². The molecule has 0 heterocycles. The number of benzene rings is 1. The second kappa shape index (κ2) is 9.39. The molecule has 2 amide bonds. The molecule has 0 saturated carbocycles. The van der Waals surface area contributed by atoms with Gasteiger partial charge in [0.2, 0.25) is 11.8 Å². The second-order valence-corrected chi connectivity index (χ2v) is 5.46. The van der Waals surface area contributed by atoms with E-state index in [1.807, 2.05) is 0 Å². The topological polar surface area (TPSA) is 70.2 Å². The van der Waals surface area contributed by atoms with Crippen LogP contribution < -0.4 is 16.0 Å². The number of amides is 2. The molecule has 6 heteroatoms. The van der Waals surface area contributed by atoms with Crippen molar-refractivity contribution in [2.24, 2.45) is 0 Å². The van der Waals surface area contributed by atoms with Crippen LogP contribution in [-0.2, 0) is 9.59 Å². The first-order valence-corrected chi connectivity index (χ1v) is 7.48. The van der Waals surface area contributed by atoms with E-state index < -0.39 is 0 Å². The average molecular weight is 295 g/mol. The fourth-order valence-electron chi connectivity index (χ4n) is 1.43. The van der Waals surface area contributed by atoms with E-state index in [4.69, 9.17) is 0 Å². The lowest BCUT2D eigenvalue weighted by molar-refractivity contribution is -0.121. The van der Waals surface area contributed by atoms with Gasteiger partial charge in [-0.1, -0.05) is 17.7 Å². The van der Waals surface area contributed by atoms with Gasteiger partial charge in [-0.2, -0.15) is 0 Å². The number of carbonyl (C=O) groups excluding carboxylic acids is 2. The molecule has 0 aliphatic rings. The Labute approximate surface area is 123 Å². The van der Waals surface area contributed by atoms with E-state index in [-0.39, 0.29) is 24.9 Å². The van der Waals surface area contributed by atoms with Crippen LogP contribution in [0.5, 0.6) is 0 Å². The van der Waals surface area contributed by atoms with Crippen molar-refractivity contribution in [3.63, 3.8) is 0 Å². The molecule has 0 saturated heterocycles. The Morgan fingerprint density at radius 3 is 2.40 bits per heavy atom. The molecule has 5 nitrogen and oxygen atoms in total. The number of hydrogen-bond acceptors (Lipinski definition) is 4. The number of nitrogens with one attached hydrogen (secondary N) is 3. The maximum atomic E-state index is 11.5. The summed E-state index contributed by atoms with van der Waals surface area (Å²) in [6.07, 6.45) is 0. The van der Waals surface area contributed by atoms with E-state index in [2.05, 4.69) is 47.1 Å². The maximum absolute atomic E-state index is 11.5. The van der Waals surface area contributed by atoms with Crippen molar-refractivity contribution >= 4 is 23.6 Å². The van der Waals surface area contributed by atoms with Crippen molar-refractivity contribution in [2.75, 3.05) is 32.4 Å². The van der Waals surface area contributed by atoms with Crippen molar-refractivity contribution in [1.82, 2.24) is 16.0 Å². The molecule has 110 valence electrons. The summed E-state index contributed by atoms with van der Waals surface area (Å²) in [6, 6.07) is 8.30. The van der Waals surface area contributed by atoms with Gasteiger partial charge in [-0.25, -0.2) is 0 Å². The Kier molecular flexibility index (Phi) is 7.75. The zero-order valence-electron chi connectivity index (χ0n) is 11.9. The van der Waals surface area contributed by atoms with Crippen LogP contribution >= 0.6 is 11.8 Å². The van der Waals surface area contributed by atoms with E-state index in [0.29, 0.717) is 6.54 Å². The lowest BCUT2D eigenvalue weighted by Gasteiger charge is -2.06. The third kappa shape index (κ3) is 7.16. The molecule has 0 aromatic heterocycles. The minimum absolute atomic E-state index is 0.0987. The van der Waals surface area contributed by atoms with Gasteiger partial charge in [0, 0.05) is 24.2 Å². The zero-order chi connectivity index (χ0) is 14.8. The van der Waals surface area contributed by atoms with Gasteiger partial charge in [0.05, 0.1) is 13.1 Å². The smallest absolute Gasteiger partial charge is 0.233 e. The van der Waals surface area contributed by atoms with Crippen molar-refractivity contribution in [3.8, 4) is 0 Å². The van der Waals surface area contributed by atoms with Crippen LogP contribution in [0.1, 0.15) is 5.56 Å². The first kappa shape index (κ1) is 16.5. The highest BCUT2D eigenvalue weighted by molar-refractivity contribution is 7.99. The standard InChI is InChI=1S/C14H21N3O2S/c1-11-3-5-12(6-4-11)20-8-7-17-14(19)10-16-9-13(18)15-2/h3-6,16H,7-10H2,1-2H3,(H,15,18)(H,17,19). The molecule has 0 aliphatic heterocycles. The summed E-state index contributed by atoms with van der Waals surface area (Å²) in [5.74, 6) is 0.593. The first-order chi connectivity index (χ1) is 9.61. The summed E-state index contributed by atoms with van der Waals surface area (Å²) >= 11 is 1.70. The van der Waals surface area contributed by atoms with Gasteiger partial charge in [-0.3, -0.25) is 14.9 Å². The van der Waals surface area contributed by atoms with Crippen LogP contribution in [0.3, 0.4) is 0 Å². The molecule has 0 bridgehead atoms. The van der Waals surface area contributed by atoms with E-state index >= 15 is 0 Å². The molecule has 1 aromatic rings. The second-order valence-electron chi connectivity index (χ2n) is 4.29. The summed E-state index contributed by atoms with van der Waals surface area (Å²) in [4.78, 5) is 23.6. The molecule has 0 unspecified atom stereocenters. The SMILES string of the molecule is CNC(=O)CNCC(=O)NCCSc1ccc(C)cc1. The molecular formula is C14H21N3O2S. The van der Waals surface area contributed by atoms with Gasteiger partial charge < -0.3 is 10.6 Å². The molecule has 1 rings (SSSR count). The van der Waals surface area contributed by atoms with Gasteiger partial charge in [0.25, 0.3) is 0 Å². The third-order valence-electron chi connectivity index (χ3n) is 2.56. The minimum atomic E-state index is -0.132.